The van der Waals surface area contributed by atoms with Gasteiger partial charge in [0.15, 0.2) is 14.1 Å². The van der Waals surface area contributed by atoms with E-state index in [0.717, 1.165) is 6.29 Å². The minimum absolute atomic E-state index is 0.0194. The lowest BCUT2D eigenvalue weighted by atomic mass is 9.83. The molecule has 4 nitrogen and oxygen atoms in total. The minimum atomic E-state index is -1.78. The van der Waals surface area contributed by atoms with Crippen molar-refractivity contribution in [3.63, 3.8) is 0 Å². The molecule has 1 aliphatic heterocycles. The highest BCUT2D eigenvalue weighted by molar-refractivity contribution is 6.74. The average Bonchev–Trinajstić information content (AvgIpc) is 2.44. The lowest BCUT2D eigenvalue weighted by molar-refractivity contribution is -0.332. The van der Waals surface area contributed by atoms with Crippen molar-refractivity contribution in [3.05, 3.63) is 0 Å². The first-order chi connectivity index (χ1) is 10.7. The maximum atomic E-state index is 11.3. The molecule has 0 bridgehead atoms. The maximum absolute atomic E-state index is 11.3. The summed E-state index contributed by atoms with van der Waals surface area (Å²) in [6, 6.07) is 0. The summed E-state index contributed by atoms with van der Waals surface area (Å²) in [5, 5.41) is 0.197. The predicted molar refractivity (Wildman–Crippen MR) is 101 cm³/mol. The van der Waals surface area contributed by atoms with Crippen LogP contribution in [0.4, 0.5) is 0 Å². The first-order valence-electron chi connectivity index (χ1n) is 9.17. The number of aldehydes is 1. The Bertz CT molecular complexity index is 428. The molecule has 0 aromatic rings. The second kappa shape index (κ2) is 7.56. The van der Waals surface area contributed by atoms with Gasteiger partial charge in [0.25, 0.3) is 0 Å². The van der Waals surface area contributed by atoms with E-state index in [2.05, 4.69) is 47.7 Å². The molecule has 1 heterocycles. The zero-order chi connectivity index (χ0) is 18.9. The van der Waals surface area contributed by atoms with Gasteiger partial charge in [-0.05, 0) is 32.0 Å². The molecule has 0 saturated carbocycles. The summed E-state index contributed by atoms with van der Waals surface area (Å²) in [7, 11) is -1.78. The van der Waals surface area contributed by atoms with Crippen molar-refractivity contribution >= 4 is 14.6 Å². The fourth-order valence-electron chi connectivity index (χ4n) is 3.03. The van der Waals surface area contributed by atoms with Gasteiger partial charge in [0.1, 0.15) is 6.29 Å². The summed E-state index contributed by atoms with van der Waals surface area (Å²) in [4.78, 5) is 11.3. The Labute approximate surface area is 149 Å². The van der Waals surface area contributed by atoms with E-state index >= 15 is 0 Å². The van der Waals surface area contributed by atoms with Gasteiger partial charge in [-0.25, -0.2) is 0 Å². The van der Waals surface area contributed by atoms with Gasteiger partial charge in [0, 0.05) is 24.4 Å². The Morgan fingerprint density at radius 2 is 1.67 bits per heavy atom. The first kappa shape index (κ1) is 21.8. The maximum Gasteiger partial charge on any atom is 0.191 e. The van der Waals surface area contributed by atoms with Crippen LogP contribution in [0.15, 0.2) is 0 Å². The third-order valence-electron chi connectivity index (χ3n) is 5.68. The molecule has 0 aromatic carbocycles. The summed E-state index contributed by atoms with van der Waals surface area (Å²) in [6.07, 6.45) is 0.883. The summed E-state index contributed by atoms with van der Waals surface area (Å²) in [5.74, 6) is -0.418. The average molecular weight is 359 g/mol. The number of carbonyl (C=O) groups is 1. The van der Waals surface area contributed by atoms with Crippen LogP contribution in [0.5, 0.6) is 0 Å². The van der Waals surface area contributed by atoms with Gasteiger partial charge in [-0.3, -0.25) is 0 Å². The fraction of sp³-hybridized carbons (Fsp3) is 0.947. The van der Waals surface area contributed by atoms with Crippen LogP contribution in [0.1, 0.15) is 55.4 Å². The smallest absolute Gasteiger partial charge is 0.191 e. The third kappa shape index (κ3) is 5.13. The number of rotatable bonds is 6. The standard InChI is InChI=1S/C19H38O4Si/c1-13(11-20)16-15(3)17(23-19(7,8)22-16)14(2)12-21-24(9,10)18(4,5)6/h11,13-17H,12H2,1-10H3/t13-,14+,15+,16-,17-/m0/s1. The molecule has 0 spiro atoms. The van der Waals surface area contributed by atoms with Crippen LogP contribution in [0.3, 0.4) is 0 Å². The van der Waals surface area contributed by atoms with Crippen LogP contribution < -0.4 is 0 Å². The molecule has 5 heteroatoms. The Morgan fingerprint density at radius 3 is 2.12 bits per heavy atom. The lowest BCUT2D eigenvalue weighted by Crippen LogP contribution is -2.55. The second-order valence-corrected chi connectivity index (χ2v) is 14.3. The highest BCUT2D eigenvalue weighted by Crippen LogP contribution is 2.39. The molecular weight excluding hydrogens is 320 g/mol. The van der Waals surface area contributed by atoms with Crippen LogP contribution in [-0.2, 0) is 18.7 Å². The first-order valence-corrected chi connectivity index (χ1v) is 12.1. The van der Waals surface area contributed by atoms with E-state index in [1.807, 2.05) is 20.8 Å². The lowest BCUT2D eigenvalue weighted by Gasteiger charge is -2.48. The van der Waals surface area contributed by atoms with E-state index < -0.39 is 14.1 Å². The quantitative estimate of drug-likeness (QED) is 0.513. The topological polar surface area (TPSA) is 44.8 Å². The minimum Gasteiger partial charge on any atom is -0.416 e. The zero-order valence-corrected chi connectivity index (χ0v) is 18.3. The Balaban J connectivity index is 2.84. The molecular formula is C19H38O4Si. The molecule has 0 aromatic heterocycles. The van der Waals surface area contributed by atoms with Crippen LogP contribution in [0.2, 0.25) is 18.1 Å². The molecule has 0 aliphatic carbocycles. The summed E-state index contributed by atoms with van der Waals surface area (Å²) in [6.45, 7) is 22.1. The second-order valence-electron chi connectivity index (χ2n) is 9.47. The normalized spacial score (nSPS) is 30.7. The molecule has 5 atom stereocenters. The zero-order valence-electron chi connectivity index (χ0n) is 17.3. The van der Waals surface area contributed by atoms with Gasteiger partial charge >= 0.3 is 0 Å². The monoisotopic (exact) mass is 358 g/mol. The van der Waals surface area contributed by atoms with Crippen LogP contribution >= 0.6 is 0 Å². The Morgan fingerprint density at radius 1 is 1.17 bits per heavy atom. The van der Waals surface area contributed by atoms with Crippen LogP contribution in [0, 0.1) is 17.8 Å². The molecule has 0 unspecified atom stereocenters. The van der Waals surface area contributed by atoms with E-state index in [9.17, 15) is 4.79 Å². The van der Waals surface area contributed by atoms with E-state index in [1.54, 1.807) is 0 Å². The van der Waals surface area contributed by atoms with Crippen LogP contribution in [-0.4, -0.2) is 39.2 Å². The summed E-state index contributed by atoms with van der Waals surface area (Å²) >= 11 is 0. The fourth-order valence-corrected chi connectivity index (χ4v) is 4.15. The Hall–Kier alpha value is -0.233. The molecule has 142 valence electrons. The SMILES string of the molecule is C[C@H]1[C@H]([C@H](C)CO[Si](C)(C)C(C)(C)C)OC(C)(C)O[C@H]1[C@@H](C)C=O. The molecule has 0 N–H and O–H groups in total. The predicted octanol–water partition coefficient (Wildman–Crippen LogP) is 4.64. The molecule has 1 aliphatic rings. The number of ether oxygens (including phenoxy) is 2. The van der Waals surface area contributed by atoms with Crippen molar-refractivity contribution in [1.29, 1.82) is 0 Å². The van der Waals surface area contributed by atoms with Gasteiger partial charge in [-0.2, -0.15) is 0 Å². The van der Waals surface area contributed by atoms with Gasteiger partial charge in [-0.1, -0.05) is 41.5 Å². The van der Waals surface area contributed by atoms with Crippen molar-refractivity contribution in [3.8, 4) is 0 Å². The third-order valence-corrected chi connectivity index (χ3v) is 10.2. The van der Waals surface area contributed by atoms with E-state index in [4.69, 9.17) is 13.9 Å². The molecule has 0 amide bonds. The largest absolute Gasteiger partial charge is 0.416 e. The molecule has 1 saturated heterocycles. The van der Waals surface area contributed by atoms with E-state index in [1.165, 1.54) is 0 Å². The molecule has 24 heavy (non-hydrogen) atoms. The van der Waals surface area contributed by atoms with Gasteiger partial charge < -0.3 is 18.7 Å². The van der Waals surface area contributed by atoms with Crippen molar-refractivity contribution in [1.82, 2.24) is 0 Å². The number of hydrogen-bond acceptors (Lipinski definition) is 4. The molecule has 1 fully saturated rings. The number of carbonyl (C=O) groups excluding carboxylic acids is 1. The van der Waals surface area contributed by atoms with Crippen molar-refractivity contribution in [2.45, 2.75) is 91.5 Å². The van der Waals surface area contributed by atoms with Gasteiger partial charge in [0.2, 0.25) is 0 Å². The van der Waals surface area contributed by atoms with Gasteiger partial charge in [0.05, 0.1) is 12.2 Å². The van der Waals surface area contributed by atoms with E-state index in [-0.39, 0.29) is 35.0 Å². The summed E-state index contributed by atoms with van der Waals surface area (Å²) in [5.41, 5.74) is 0. The van der Waals surface area contributed by atoms with Crippen molar-refractivity contribution in [2.24, 2.45) is 17.8 Å². The highest BCUT2D eigenvalue weighted by Gasteiger charge is 2.45. The summed E-state index contributed by atoms with van der Waals surface area (Å²) < 4.78 is 18.7. The van der Waals surface area contributed by atoms with Gasteiger partial charge in [-0.15, -0.1) is 0 Å². The Kier molecular flexibility index (Phi) is 6.87. The van der Waals surface area contributed by atoms with Crippen molar-refractivity contribution in [2.75, 3.05) is 6.61 Å². The number of hydrogen-bond donors (Lipinski definition) is 0. The highest BCUT2D eigenvalue weighted by atomic mass is 28.4. The van der Waals surface area contributed by atoms with Crippen molar-refractivity contribution < 1.29 is 18.7 Å². The van der Waals surface area contributed by atoms with E-state index in [0.29, 0.717) is 6.61 Å². The molecule has 0 radical (unpaired) electrons. The molecule has 1 rings (SSSR count). The van der Waals surface area contributed by atoms with Crippen LogP contribution in [0.25, 0.3) is 0 Å².